The summed E-state index contributed by atoms with van der Waals surface area (Å²) in [4.78, 5) is 0. The lowest BCUT2D eigenvalue weighted by molar-refractivity contribution is 0.00578. The molecule has 1 aliphatic rings. The number of halogens is 1. The topological polar surface area (TPSA) is 39.7 Å². The molecule has 0 aliphatic carbocycles. The van der Waals surface area contributed by atoms with Crippen LogP contribution in [-0.4, -0.2) is 38.5 Å². The van der Waals surface area contributed by atoms with E-state index in [1.54, 1.807) is 12.1 Å². The van der Waals surface area contributed by atoms with E-state index in [0.29, 0.717) is 18.7 Å². The first-order valence-electron chi connectivity index (χ1n) is 10.2. The lowest BCUT2D eigenvalue weighted by Gasteiger charge is -2.32. The third kappa shape index (κ3) is 4.89. The average molecular weight is 399 g/mol. The molecular weight excluding hydrogens is 368 g/mol. The Hall–Kier alpha value is -1.73. The Morgan fingerprint density at radius 2 is 1.72 bits per heavy atom. The number of benzene rings is 2. The quantitative estimate of drug-likeness (QED) is 0.540. The van der Waals surface area contributed by atoms with Crippen molar-refractivity contribution in [1.82, 2.24) is 5.32 Å². The van der Waals surface area contributed by atoms with E-state index in [1.807, 2.05) is 65.1 Å². The first kappa shape index (κ1) is 22.0. The van der Waals surface area contributed by atoms with Gasteiger partial charge in [0.2, 0.25) is 0 Å². The van der Waals surface area contributed by atoms with Crippen LogP contribution >= 0.6 is 0 Å². The Morgan fingerprint density at radius 3 is 2.38 bits per heavy atom. The minimum atomic E-state index is -0.709. The molecule has 0 bridgehead atoms. The first-order chi connectivity index (χ1) is 13.7. The van der Waals surface area contributed by atoms with Crippen LogP contribution in [-0.2, 0) is 20.7 Å². The van der Waals surface area contributed by atoms with E-state index in [2.05, 4.69) is 5.32 Å². The summed E-state index contributed by atoms with van der Waals surface area (Å²) in [6.45, 7) is 9.97. The zero-order valence-electron chi connectivity index (χ0n) is 18.0. The number of nitrogens with one attached hydrogen (secondary N) is 1. The fourth-order valence-corrected chi connectivity index (χ4v) is 3.32. The van der Waals surface area contributed by atoms with Gasteiger partial charge < -0.3 is 19.4 Å². The van der Waals surface area contributed by atoms with Crippen LogP contribution in [0.4, 0.5) is 4.39 Å². The molecule has 6 heteroatoms. The molecule has 0 amide bonds. The maximum Gasteiger partial charge on any atom is 0.497 e. The Labute approximate surface area is 173 Å². The Bertz CT molecular complexity index is 825. The van der Waals surface area contributed by atoms with Gasteiger partial charge in [0.25, 0.3) is 0 Å². The van der Waals surface area contributed by atoms with Crippen LogP contribution in [0, 0.1) is 5.82 Å². The highest BCUT2D eigenvalue weighted by atomic mass is 19.1. The lowest BCUT2D eigenvalue weighted by Crippen LogP contribution is -2.41. The first-order valence-corrected chi connectivity index (χ1v) is 10.2. The molecule has 0 saturated carbocycles. The lowest BCUT2D eigenvalue weighted by atomic mass is 9.78. The van der Waals surface area contributed by atoms with Crippen molar-refractivity contribution in [2.75, 3.05) is 20.2 Å². The number of rotatable bonds is 8. The summed E-state index contributed by atoms with van der Waals surface area (Å²) in [5.74, 6) is -0.328. The summed E-state index contributed by atoms with van der Waals surface area (Å²) < 4.78 is 32.8. The average Bonchev–Trinajstić information content (AvgIpc) is 2.89. The zero-order valence-corrected chi connectivity index (χ0v) is 18.0. The van der Waals surface area contributed by atoms with Crippen LogP contribution in [0.25, 0.3) is 11.1 Å². The van der Waals surface area contributed by atoms with Gasteiger partial charge in [-0.25, -0.2) is 4.39 Å². The molecule has 1 aliphatic heterocycles. The molecule has 4 nitrogen and oxygen atoms in total. The van der Waals surface area contributed by atoms with Crippen molar-refractivity contribution in [1.29, 1.82) is 0 Å². The van der Waals surface area contributed by atoms with Crippen LogP contribution in [0.3, 0.4) is 0 Å². The molecule has 2 aromatic rings. The highest BCUT2D eigenvalue weighted by molar-refractivity contribution is 6.62. The summed E-state index contributed by atoms with van der Waals surface area (Å²) >= 11 is 0. The van der Waals surface area contributed by atoms with Crippen molar-refractivity contribution < 1.29 is 18.4 Å². The summed E-state index contributed by atoms with van der Waals surface area (Å²) in [7, 11) is 1.22. The summed E-state index contributed by atoms with van der Waals surface area (Å²) in [5, 5.41) is 3.11. The van der Waals surface area contributed by atoms with E-state index < -0.39 is 18.3 Å². The third-order valence-electron chi connectivity index (χ3n) is 5.81. The van der Waals surface area contributed by atoms with E-state index in [0.717, 1.165) is 29.7 Å². The maximum absolute atomic E-state index is 15.0. The van der Waals surface area contributed by atoms with Crippen LogP contribution in [0.2, 0.25) is 0 Å². The molecule has 1 heterocycles. The third-order valence-corrected chi connectivity index (χ3v) is 5.81. The Kier molecular flexibility index (Phi) is 6.79. The molecule has 3 rings (SSSR count). The van der Waals surface area contributed by atoms with Crippen LogP contribution in [0.15, 0.2) is 42.5 Å². The second-order valence-electron chi connectivity index (χ2n) is 8.49. The van der Waals surface area contributed by atoms with Crippen LogP contribution in [0.5, 0.6) is 0 Å². The van der Waals surface area contributed by atoms with Gasteiger partial charge in [-0.1, -0.05) is 36.4 Å². The highest BCUT2D eigenvalue weighted by Gasteiger charge is 2.52. The number of hydrogen-bond acceptors (Lipinski definition) is 4. The van der Waals surface area contributed by atoms with Crippen molar-refractivity contribution in [2.24, 2.45) is 0 Å². The van der Waals surface area contributed by atoms with Gasteiger partial charge in [-0.2, -0.15) is 0 Å². The summed E-state index contributed by atoms with van der Waals surface area (Å²) in [6, 6.07) is 13.2. The number of ether oxygens (including phenoxy) is 1. The fraction of sp³-hybridized carbons (Fsp3) is 0.478. The predicted octanol–water partition coefficient (Wildman–Crippen LogP) is 3.92. The summed E-state index contributed by atoms with van der Waals surface area (Å²) in [5.41, 5.74) is 2.26. The molecule has 1 N–H and O–H groups in total. The van der Waals surface area contributed by atoms with E-state index in [1.165, 1.54) is 0 Å². The van der Waals surface area contributed by atoms with Crippen LogP contribution < -0.4 is 10.8 Å². The molecule has 0 spiro atoms. The molecule has 1 fully saturated rings. The molecule has 0 radical (unpaired) electrons. The number of hydrogen-bond donors (Lipinski definition) is 1. The van der Waals surface area contributed by atoms with Crippen molar-refractivity contribution in [2.45, 2.75) is 51.9 Å². The van der Waals surface area contributed by atoms with Crippen LogP contribution in [0.1, 0.15) is 39.7 Å². The van der Waals surface area contributed by atoms with Gasteiger partial charge in [0, 0.05) is 12.1 Å². The Morgan fingerprint density at radius 1 is 1.03 bits per heavy atom. The summed E-state index contributed by atoms with van der Waals surface area (Å²) in [6.07, 6.45) is 0.954. The monoisotopic (exact) mass is 399 g/mol. The van der Waals surface area contributed by atoms with Crippen molar-refractivity contribution >= 4 is 12.6 Å². The van der Waals surface area contributed by atoms with Gasteiger partial charge in [-0.3, -0.25) is 0 Å². The molecule has 0 unspecified atom stereocenters. The largest absolute Gasteiger partial charge is 0.497 e. The minimum absolute atomic E-state index is 0.328. The van der Waals surface area contributed by atoms with E-state index >= 15 is 4.39 Å². The van der Waals surface area contributed by atoms with Crippen molar-refractivity contribution in [3.05, 3.63) is 53.8 Å². The zero-order chi connectivity index (χ0) is 21.1. The maximum atomic E-state index is 15.0. The molecule has 2 aromatic carbocycles. The smallest absolute Gasteiger partial charge is 0.399 e. The van der Waals surface area contributed by atoms with Gasteiger partial charge in [0.05, 0.1) is 17.8 Å². The SMILES string of the molecule is CNCCCOCc1ccccc1-c1ccc(B2OC(C)(C)C(C)(C)O2)c(F)c1. The fourth-order valence-electron chi connectivity index (χ4n) is 3.32. The minimum Gasteiger partial charge on any atom is -0.399 e. The predicted molar refractivity (Wildman–Crippen MR) is 116 cm³/mol. The van der Waals surface area contributed by atoms with Gasteiger partial charge >= 0.3 is 7.12 Å². The molecular formula is C23H31BFNO3. The van der Waals surface area contributed by atoms with Gasteiger partial charge in [0.15, 0.2) is 0 Å². The molecule has 156 valence electrons. The Balaban J connectivity index is 1.77. The van der Waals surface area contributed by atoms with E-state index in [4.69, 9.17) is 14.0 Å². The van der Waals surface area contributed by atoms with E-state index in [9.17, 15) is 0 Å². The van der Waals surface area contributed by atoms with Crippen molar-refractivity contribution in [3.63, 3.8) is 0 Å². The normalized spacial score (nSPS) is 17.7. The molecule has 0 atom stereocenters. The second kappa shape index (κ2) is 8.96. The standard InChI is InChI=1S/C23H31BFNO3/c1-22(2)23(3,4)29-24(28-22)20-12-11-17(15-21(20)25)19-10-7-6-9-18(19)16-27-14-8-13-26-5/h6-7,9-12,15,26H,8,13-14,16H2,1-5H3. The van der Waals surface area contributed by atoms with Gasteiger partial charge in [-0.15, -0.1) is 0 Å². The van der Waals surface area contributed by atoms with E-state index in [-0.39, 0.29) is 5.82 Å². The molecule has 29 heavy (non-hydrogen) atoms. The van der Waals surface area contributed by atoms with Crippen molar-refractivity contribution in [3.8, 4) is 11.1 Å². The van der Waals surface area contributed by atoms with Gasteiger partial charge in [0.1, 0.15) is 5.82 Å². The second-order valence-corrected chi connectivity index (χ2v) is 8.49. The molecule has 1 saturated heterocycles. The van der Waals surface area contributed by atoms with Gasteiger partial charge in [-0.05, 0) is 70.5 Å². The molecule has 0 aromatic heterocycles. The highest BCUT2D eigenvalue weighted by Crippen LogP contribution is 2.37.